The third-order valence-electron chi connectivity index (χ3n) is 8.65. The lowest BCUT2D eigenvalue weighted by Crippen LogP contribution is -2.41. The second kappa shape index (κ2) is 17.6. The van der Waals surface area contributed by atoms with E-state index >= 15 is 8.78 Å². The second-order valence-corrected chi connectivity index (χ2v) is 19.2. The highest BCUT2D eigenvalue weighted by Crippen LogP contribution is 2.70. The number of carbonyl (C=O) groups is 3. The van der Waals surface area contributed by atoms with Crippen LogP contribution >= 0.6 is 7.60 Å². The van der Waals surface area contributed by atoms with Gasteiger partial charge in [-0.25, -0.2) is 14.0 Å². The smallest absolute Gasteiger partial charge is 0.465 e. The Balaban J connectivity index is 1.86. The molecule has 60 heavy (non-hydrogen) atoms. The summed E-state index contributed by atoms with van der Waals surface area (Å²) in [5.41, 5.74) is -8.89. The van der Waals surface area contributed by atoms with Gasteiger partial charge in [-0.2, -0.15) is 17.6 Å². The van der Waals surface area contributed by atoms with E-state index in [-0.39, 0.29) is 24.0 Å². The van der Waals surface area contributed by atoms with Crippen LogP contribution in [-0.4, -0.2) is 47.7 Å². The van der Waals surface area contributed by atoms with E-state index in [1.54, 1.807) is 0 Å². The molecule has 324 valence electrons. The van der Waals surface area contributed by atoms with Gasteiger partial charge in [0.15, 0.2) is 5.78 Å². The number of hydrogen-bond acceptors (Lipinski definition) is 9. The fourth-order valence-corrected chi connectivity index (χ4v) is 8.39. The van der Waals surface area contributed by atoms with Gasteiger partial charge in [-0.1, -0.05) is 48.5 Å². The summed E-state index contributed by atoms with van der Waals surface area (Å²) >= 11 is 0. The maximum Gasteiger partial charge on any atom is 0.502 e. The summed E-state index contributed by atoms with van der Waals surface area (Å²) in [6, 6.07) is 20.7. The molecule has 4 aromatic rings. The first-order valence-electron chi connectivity index (χ1n) is 18.9. The third-order valence-corrected chi connectivity index (χ3v) is 11.2. The summed E-state index contributed by atoms with van der Waals surface area (Å²) in [5.74, 6) is -4.10. The second-order valence-electron chi connectivity index (χ2n) is 17.2. The van der Waals surface area contributed by atoms with E-state index in [2.05, 4.69) is 0 Å². The normalized spacial score (nSPS) is 13.9. The minimum atomic E-state index is -5.18. The number of alkyl halides is 4. The molecule has 4 rings (SSSR count). The van der Waals surface area contributed by atoms with Gasteiger partial charge in [0.25, 0.3) is 0 Å². The molecule has 0 fully saturated rings. The zero-order chi connectivity index (χ0) is 45.1. The summed E-state index contributed by atoms with van der Waals surface area (Å²) in [5, 5.41) is 0. The van der Waals surface area contributed by atoms with Crippen LogP contribution in [0.4, 0.5) is 22.0 Å². The first-order chi connectivity index (χ1) is 27.5. The van der Waals surface area contributed by atoms with Crippen LogP contribution in [0.3, 0.4) is 0 Å². The van der Waals surface area contributed by atoms with Crippen molar-refractivity contribution in [1.82, 2.24) is 0 Å². The van der Waals surface area contributed by atoms with Crippen LogP contribution in [0.15, 0.2) is 97.1 Å². The Morgan fingerprint density at radius 3 is 1.45 bits per heavy atom. The van der Waals surface area contributed by atoms with Gasteiger partial charge in [0.2, 0.25) is 0 Å². The number of rotatable bonds is 15. The highest BCUT2D eigenvalue weighted by Gasteiger charge is 2.58. The number of carbonyl (C=O) groups excluding carboxylic acids is 3. The van der Waals surface area contributed by atoms with E-state index in [1.807, 2.05) is 0 Å². The van der Waals surface area contributed by atoms with Gasteiger partial charge in [0.05, 0.1) is 29.3 Å². The van der Waals surface area contributed by atoms with Crippen molar-refractivity contribution in [1.29, 1.82) is 0 Å². The van der Waals surface area contributed by atoms with Crippen LogP contribution in [0.5, 0.6) is 5.75 Å². The molecule has 0 aliphatic rings. The predicted molar refractivity (Wildman–Crippen MR) is 215 cm³/mol. The van der Waals surface area contributed by atoms with E-state index in [9.17, 15) is 32.1 Å². The van der Waals surface area contributed by atoms with Crippen molar-refractivity contribution in [2.24, 2.45) is 0 Å². The number of halogens is 5. The topological polar surface area (TPSA) is 114 Å². The Bertz CT molecular complexity index is 2170. The Kier molecular flexibility index (Phi) is 14.0. The van der Waals surface area contributed by atoms with Crippen molar-refractivity contribution < 1.29 is 64.2 Å². The molecular formula is C45H50F5O9P. The predicted octanol–water partition coefficient (Wildman–Crippen LogP) is 11.4. The maximum atomic E-state index is 16.3. The molecule has 0 aliphatic carbocycles. The molecule has 1 atom stereocenters. The van der Waals surface area contributed by atoms with E-state index in [0.717, 1.165) is 24.3 Å². The first-order valence-corrected chi connectivity index (χ1v) is 20.4. The van der Waals surface area contributed by atoms with Crippen molar-refractivity contribution >= 4 is 25.3 Å². The highest BCUT2D eigenvalue weighted by atomic mass is 31.2. The summed E-state index contributed by atoms with van der Waals surface area (Å²) in [7, 11) is -3.98. The molecule has 0 amide bonds. The monoisotopic (exact) mass is 860 g/mol. The largest absolute Gasteiger partial charge is 0.502 e. The van der Waals surface area contributed by atoms with Crippen molar-refractivity contribution in [2.45, 2.75) is 109 Å². The molecule has 0 spiro atoms. The average Bonchev–Trinajstić information content (AvgIpc) is 3.13. The van der Waals surface area contributed by atoms with Gasteiger partial charge in [-0.3, -0.25) is 18.4 Å². The van der Waals surface area contributed by atoms with Crippen molar-refractivity contribution in [3.63, 3.8) is 0 Å². The number of esters is 2. The molecule has 4 aromatic carbocycles. The number of hydrogen-bond donors (Lipinski definition) is 0. The zero-order valence-electron chi connectivity index (χ0n) is 35.2. The van der Waals surface area contributed by atoms with Crippen LogP contribution in [0.2, 0.25) is 0 Å². The number of benzene rings is 4. The standard InChI is InChI=1S/C45H50F5O9P/c1-40(2,3)57-39(53)44(47,48)56-36-25-13-30(14-26-36)28-43(37(51)31-17-23-35(46)24-18-31,33-21-15-32(16-22-33)38(52)55-10)27-29-11-19-34(20-12-29)45(49,50)60(54,58-41(4,5)6)59-42(7,8)9/h11-26H,27-28H2,1-10H3. The van der Waals surface area contributed by atoms with E-state index < -0.39 is 76.4 Å². The molecule has 0 aromatic heterocycles. The quantitative estimate of drug-likeness (QED) is 0.0499. The zero-order valence-corrected chi connectivity index (χ0v) is 36.1. The lowest BCUT2D eigenvalue weighted by atomic mass is 9.67. The molecule has 15 heteroatoms. The van der Waals surface area contributed by atoms with Gasteiger partial charge in [-0.05, 0) is 140 Å². The van der Waals surface area contributed by atoms with E-state index in [4.69, 9.17) is 23.3 Å². The molecule has 0 bridgehead atoms. The number of methoxy groups -OCH3 is 1. The Morgan fingerprint density at radius 1 is 0.583 bits per heavy atom. The molecule has 0 N–H and O–H groups in total. The number of Topliss-reactive ketones (excluding diaryl/α,β-unsaturated/α-hetero) is 1. The Hall–Kier alpha value is -4.91. The summed E-state index contributed by atoms with van der Waals surface area (Å²) in [6.07, 6.45) is -4.68. The van der Waals surface area contributed by atoms with E-state index in [1.165, 1.54) is 142 Å². The summed E-state index contributed by atoms with van der Waals surface area (Å²) in [6.45, 7) is 13.1. The number of ketones is 1. The van der Waals surface area contributed by atoms with Gasteiger partial charge in [0.1, 0.15) is 17.2 Å². The third kappa shape index (κ3) is 11.9. The fourth-order valence-electron chi connectivity index (χ4n) is 6.21. The van der Waals surface area contributed by atoms with Crippen molar-refractivity contribution in [3.05, 3.63) is 136 Å². The van der Waals surface area contributed by atoms with Crippen LogP contribution in [0, 0.1) is 5.82 Å². The van der Waals surface area contributed by atoms with Gasteiger partial charge < -0.3 is 14.2 Å². The van der Waals surface area contributed by atoms with Crippen LogP contribution in [0.1, 0.15) is 105 Å². The Labute approximate surface area is 347 Å². The summed E-state index contributed by atoms with van der Waals surface area (Å²) < 4.78 is 116. The molecule has 0 aliphatic heterocycles. The molecule has 0 saturated carbocycles. The first kappa shape index (κ1) is 47.8. The van der Waals surface area contributed by atoms with Gasteiger partial charge in [0, 0.05) is 11.1 Å². The molecule has 0 radical (unpaired) electrons. The average molecular weight is 861 g/mol. The van der Waals surface area contributed by atoms with Crippen LogP contribution in [0.25, 0.3) is 0 Å². The fraction of sp³-hybridized carbons (Fsp3) is 0.400. The lowest BCUT2D eigenvalue weighted by molar-refractivity contribution is -0.226. The van der Waals surface area contributed by atoms with Gasteiger partial charge >= 0.3 is 31.3 Å². The molecule has 0 saturated heterocycles. The molecule has 9 nitrogen and oxygen atoms in total. The maximum absolute atomic E-state index is 16.3. The Morgan fingerprint density at radius 2 is 1.02 bits per heavy atom. The molecular weight excluding hydrogens is 810 g/mol. The molecule has 1 unspecified atom stereocenters. The minimum absolute atomic E-state index is 0.0770. The van der Waals surface area contributed by atoms with Crippen LogP contribution in [-0.2, 0) is 51.8 Å². The SMILES string of the molecule is COC(=O)c1ccc(C(Cc2ccc(OC(F)(F)C(=O)OC(C)(C)C)cc2)(Cc2ccc(C(F)(F)P(=O)(OC(C)(C)C)OC(C)(C)C)cc2)C(=O)c2ccc(F)cc2)cc1. The lowest BCUT2D eigenvalue weighted by Gasteiger charge is -2.36. The number of ether oxygens (including phenoxy) is 3. The minimum Gasteiger partial charge on any atom is -0.465 e. The van der Waals surface area contributed by atoms with E-state index in [0.29, 0.717) is 16.7 Å². The van der Waals surface area contributed by atoms with Crippen molar-refractivity contribution in [3.8, 4) is 5.75 Å². The van der Waals surface area contributed by atoms with Crippen LogP contribution < -0.4 is 4.74 Å². The highest BCUT2D eigenvalue weighted by molar-refractivity contribution is 7.54. The van der Waals surface area contributed by atoms with Crippen molar-refractivity contribution in [2.75, 3.05) is 7.11 Å². The summed E-state index contributed by atoms with van der Waals surface area (Å²) in [4.78, 5) is 39.5. The van der Waals surface area contributed by atoms with Gasteiger partial charge in [-0.15, -0.1) is 0 Å². The molecule has 0 heterocycles.